The SMILES string of the molecule is COc1cccc(CCC(=O)N2CCN(c3cccc(C)c3)CC2)c1OC. The van der Waals surface area contributed by atoms with E-state index in [1.54, 1.807) is 14.2 Å². The van der Waals surface area contributed by atoms with Crippen LogP contribution in [0, 0.1) is 6.92 Å². The maximum absolute atomic E-state index is 12.7. The van der Waals surface area contributed by atoms with Crippen molar-refractivity contribution in [3.8, 4) is 11.5 Å². The lowest BCUT2D eigenvalue weighted by Gasteiger charge is -2.36. The van der Waals surface area contributed by atoms with Gasteiger partial charge in [0.15, 0.2) is 11.5 Å². The predicted octanol–water partition coefficient (Wildman–Crippen LogP) is 3.29. The molecule has 1 aliphatic heterocycles. The molecule has 144 valence electrons. The van der Waals surface area contributed by atoms with Gasteiger partial charge in [0, 0.05) is 38.3 Å². The van der Waals surface area contributed by atoms with E-state index in [-0.39, 0.29) is 5.91 Å². The Labute approximate surface area is 161 Å². The van der Waals surface area contributed by atoms with Crippen LogP contribution in [0.3, 0.4) is 0 Å². The van der Waals surface area contributed by atoms with Crippen LogP contribution in [0.1, 0.15) is 17.5 Å². The molecule has 2 aromatic carbocycles. The largest absolute Gasteiger partial charge is 0.493 e. The fourth-order valence-electron chi connectivity index (χ4n) is 3.59. The molecule has 0 radical (unpaired) electrons. The van der Waals surface area contributed by atoms with Gasteiger partial charge in [-0.2, -0.15) is 0 Å². The number of benzene rings is 2. The lowest BCUT2D eigenvalue weighted by Crippen LogP contribution is -2.48. The van der Waals surface area contributed by atoms with Crippen LogP contribution in [0.4, 0.5) is 5.69 Å². The highest BCUT2D eigenvalue weighted by Gasteiger charge is 2.21. The number of ether oxygens (including phenoxy) is 2. The smallest absolute Gasteiger partial charge is 0.223 e. The van der Waals surface area contributed by atoms with Crippen molar-refractivity contribution < 1.29 is 14.3 Å². The van der Waals surface area contributed by atoms with Gasteiger partial charge >= 0.3 is 0 Å². The number of para-hydroxylation sites is 1. The zero-order valence-corrected chi connectivity index (χ0v) is 16.4. The third-order valence-electron chi connectivity index (χ3n) is 5.09. The first kappa shape index (κ1) is 19.1. The second-order valence-corrected chi connectivity index (χ2v) is 6.86. The Balaban J connectivity index is 1.54. The number of methoxy groups -OCH3 is 2. The number of hydrogen-bond donors (Lipinski definition) is 0. The highest BCUT2D eigenvalue weighted by molar-refractivity contribution is 5.77. The normalized spacial score (nSPS) is 14.2. The first-order valence-corrected chi connectivity index (χ1v) is 9.41. The molecule has 0 N–H and O–H groups in total. The van der Waals surface area contributed by atoms with Gasteiger partial charge in [-0.15, -0.1) is 0 Å². The molecule has 1 saturated heterocycles. The summed E-state index contributed by atoms with van der Waals surface area (Å²) >= 11 is 0. The maximum atomic E-state index is 12.7. The second-order valence-electron chi connectivity index (χ2n) is 6.86. The molecule has 0 spiro atoms. The maximum Gasteiger partial charge on any atom is 0.223 e. The molecule has 1 aliphatic rings. The summed E-state index contributed by atoms with van der Waals surface area (Å²) in [7, 11) is 3.26. The molecule has 1 heterocycles. The molecular weight excluding hydrogens is 340 g/mol. The number of aryl methyl sites for hydroxylation is 2. The van der Waals surface area contributed by atoms with E-state index in [0.717, 1.165) is 37.5 Å². The molecule has 3 rings (SSSR count). The average Bonchev–Trinajstić information content (AvgIpc) is 2.71. The van der Waals surface area contributed by atoms with Crippen LogP contribution >= 0.6 is 0 Å². The number of rotatable bonds is 6. The summed E-state index contributed by atoms with van der Waals surface area (Å²) < 4.78 is 10.8. The van der Waals surface area contributed by atoms with Gasteiger partial charge in [-0.3, -0.25) is 4.79 Å². The molecule has 0 aliphatic carbocycles. The zero-order chi connectivity index (χ0) is 19.2. The second kappa shape index (κ2) is 8.80. The number of nitrogens with zero attached hydrogens (tertiary/aromatic N) is 2. The van der Waals surface area contributed by atoms with E-state index < -0.39 is 0 Å². The summed E-state index contributed by atoms with van der Waals surface area (Å²) in [5, 5.41) is 0. The van der Waals surface area contributed by atoms with E-state index in [2.05, 4.69) is 36.1 Å². The predicted molar refractivity (Wildman–Crippen MR) is 108 cm³/mol. The fraction of sp³-hybridized carbons (Fsp3) is 0.409. The minimum absolute atomic E-state index is 0.198. The van der Waals surface area contributed by atoms with Gasteiger partial charge < -0.3 is 19.3 Å². The number of piperazine rings is 1. The van der Waals surface area contributed by atoms with Crippen LogP contribution in [-0.4, -0.2) is 51.2 Å². The summed E-state index contributed by atoms with van der Waals surface area (Å²) in [6.45, 7) is 5.38. The Bertz CT molecular complexity index is 783. The third-order valence-corrected chi connectivity index (χ3v) is 5.09. The molecule has 0 atom stereocenters. The molecule has 2 aromatic rings. The van der Waals surface area contributed by atoms with E-state index in [1.807, 2.05) is 23.1 Å². The number of anilines is 1. The van der Waals surface area contributed by atoms with E-state index in [1.165, 1.54) is 11.3 Å². The van der Waals surface area contributed by atoms with Crippen molar-refractivity contribution in [1.82, 2.24) is 4.90 Å². The van der Waals surface area contributed by atoms with Crippen LogP contribution in [0.5, 0.6) is 11.5 Å². The van der Waals surface area contributed by atoms with E-state index in [4.69, 9.17) is 9.47 Å². The molecule has 1 amide bonds. The van der Waals surface area contributed by atoms with Crippen LogP contribution in [0.25, 0.3) is 0 Å². The summed E-state index contributed by atoms with van der Waals surface area (Å²) in [6, 6.07) is 14.3. The van der Waals surface area contributed by atoms with Crippen LogP contribution in [0.15, 0.2) is 42.5 Å². The Kier molecular flexibility index (Phi) is 6.22. The minimum Gasteiger partial charge on any atom is -0.493 e. The monoisotopic (exact) mass is 368 g/mol. The minimum atomic E-state index is 0.198. The van der Waals surface area contributed by atoms with Crippen molar-refractivity contribution in [2.75, 3.05) is 45.3 Å². The summed E-state index contributed by atoms with van der Waals surface area (Å²) in [6.07, 6.45) is 1.13. The topological polar surface area (TPSA) is 42.0 Å². The third kappa shape index (κ3) is 4.54. The summed E-state index contributed by atoms with van der Waals surface area (Å²) in [4.78, 5) is 17.0. The molecular formula is C22H28N2O3. The highest BCUT2D eigenvalue weighted by atomic mass is 16.5. The van der Waals surface area contributed by atoms with Gasteiger partial charge in [0.25, 0.3) is 0 Å². The Hall–Kier alpha value is -2.69. The Morgan fingerprint density at radius 2 is 1.74 bits per heavy atom. The van der Waals surface area contributed by atoms with E-state index >= 15 is 0 Å². The standard InChI is InChI=1S/C22H28N2O3/c1-17-6-4-8-19(16-17)23-12-14-24(15-13-23)21(25)11-10-18-7-5-9-20(26-2)22(18)27-3/h4-9,16H,10-15H2,1-3H3. The van der Waals surface area contributed by atoms with Crippen molar-refractivity contribution in [1.29, 1.82) is 0 Å². The van der Waals surface area contributed by atoms with Crippen molar-refractivity contribution in [2.24, 2.45) is 0 Å². The summed E-state index contributed by atoms with van der Waals surface area (Å²) in [5.41, 5.74) is 3.50. The number of carbonyl (C=O) groups excluding carboxylic acids is 1. The molecule has 5 nitrogen and oxygen atoms in total. The quantitative estimate of drug-likeness (QED) is 0.785. The van der Waals surface area contributed by atoms with Crippen molar-refractivity contribution in [3.63, 3.8) is 0 Å². The number of carbonyl (C=O) groups is 1. The van der Waals surface area contributed by atoms with Gasteiger partial charge in [0.1, 0.15) is 0 Å². The molecule has 0 unspecified atom stereocenters. The van der Waals surface area contributed by atoms with Crippen LogP contribution in [-0.2, 0) is 11.2 Å². The Morgan fingerprint density at radius 3 is 2.41 bits per heavy atom. The van der Waals surface area contributed by atoms with Gasteiger partial charge in [0.2, 0.25) is 5.91 Å². The Morgan fingerprint density at radius 1 is 1.00 bits per heavy atom. The zero-order valence-electron chi connectivity index (χ0n) is 16.4. The first-order chi connectivity index (χ1) is 13.1. The van der Waals surface area contributed by atoms with E-state index in [9.17, 15) is 4.79 Å². The number of amides is 1. The fourth-order valence-corrected chi connectivity index (χ4v) is 3.59. The van der Waals surface area contributed by atoms with E-state index in [0.29, 0.717) is 18.6 Å². The number of hydrogen-bond acceptors (Lipinski definition) is 4. The van der Waals surface area contributed by atoms with Gasteiger partial charge in [0.05, 0.1) is 14.2 Å². The highest BCUT2D eigenvalue weighted by Crippen LogP contribution is 2.31. The molecule has 0 bridgehead atoms. The molecule has 5 heteroatoms. The van der Waals surface area contributed by atoms with Gasteiger partial charge in [-0.1, -0.05) is 24.3 Å². The average molecular weight is 368 g/mol. The van der Waals surface area contributed by atoms with Crippen LogP contribution < -0.4 is 14.4 Å². The first-order valence-electron chi connectivity index (χ1n) is 9.41. The molecule has 0 aromatic heterocycles. The van der Waals surface area contributed by atoms with Crippen molar-refractivity contribution in [3.05, 3.63) is 53.6 Å². The van der Waals surface area contributed by atoms with Gasteiger partial charge in [-0.05, 0) is 42.7 Å². The van der Waals surface area contributed by atoms with Crippen LogP contribution in [0.2, 0.25) is 0 Å². The molecule has 0 saturated carbocycles. The summed E-state index contributed by atoms with van der Waals surface area (Å²) in [5.74, 6) is 1.62. The van der Waals surface area contributed by atoms with Crippen molar-refractivity contribution >= 4 is 11.6 Å². The van der Waals surface area contributed by atoms with Gasteiger partial charge in [-0.25, -0.2) is 0 Å². The lowest BCUT2D eigenvalue weighted by atomic mass is 10.1. The molecule has 27 heavy (non-hydrogen) atoms. The van der Waals surface area contributed by atoms with Crippen molar-refractivity contribution in [2.45, 2.75) is 19.8 Å². The lowest BCUT2D eigenvalue weighted by molar-refractivity contribution is -0.131. The molecule has 1 fully saturated rings.